The van der Waals surface area contributed by atoms with Crippen molar-refractivity contribution >= 4 is 32.9 Å². The fourth-order valence-corrected chi connectivity index (χ4v) is 3.81. The summed E-state index contributed by atoms with van der Waals surface area (Å²) in [5, 5.41) is 9.30. The molecule has 2 unspecified atom stereocenters. The number of anilines is 1. The van der Waals surface area contributed by atoms with Crippen molar-refractivity contribution in [1.29, 1.82) is 0 Å². The highest BCUT2D eigenvalue weighted by Gasteiger charge is 2.35. The van der Waals surface area contributed by atoms with E-state index < -0.39 is 27.3 Å². The molecule has 0 amide bonds. The van der Waals surface area contributed by atoms with Crippen LogP contribution in [0.1, 0.15) is 29.2 Å². The van der Waals surface area contributed by atoms with Gasteiger partial charge in [-0.1, -0.05) is 0 Å². The number of fused-ring (bicyclic) bond motifs is 1. The van der Waals surface area contributed by atoms with Gasteiger partial charge in [-0.05, 0) is 25.5 Å². The minimum atomic E-state index is -3.67. The van der Waals surface area contributed by atoms with Crippen molar-refractivity contribution in [3.8, 4) is 0 Å². The third-order valence-corrected chi connectivity index (χ3v) is 5.42. The first-order valence-electron chi connectivity index (χ1n) is 10.1. The van der Waals surface area contributed by atoms with Crippen molar-refractivity contribution in [2.45, 2.75) is 24.9 Å². The Morgan fingerprint density at radius 3 is 2.55 bits per heavy atom. The van der Waals surface area contributed by atoms with Gasteiger partial charge in [0.25, 0.3) is 10.1 Å². The molecule has 4 rings (SSSR count). The minimum Gasteiger partial charge on any atom is -0.477 e. The Labute approximate surface area is 188 Å². The molecular formula is C19H26FN5O7S. The first-order valence-corrected chi connectivity index (χ1v) is 11.9. The number of carboxylic acids is 1. The summed E-state index contributed by atoms with van der Waals surface area (Å²) in [4.78, 5) is 35.2. The van der Waals surface area contributed by atoms with Gasteiger partial charge in [0.1, 0.15) is 11.2 Å². The van der Waals surface area contributed by atoms with Gasteiger partial charge in [0.15, 0.2) is 11.6 Å². The first kappa shape index (κ1) is 25.0. The Bertz CT molecular complexity index is 1210. The van der Waals surface area contributed by atoms with Gasteiger partial charge in [-0.15, -0.1) is 0 Å². The van der Waals surface area contributed by atoms with E-state index in [2.05, 4.69) is 10.5 Å². The van der Waals surface area contributed by atoms with E-state index in [4.69, 9.17) is 15.1 Å². The van der Waals surface area contributed by atoms with Gasteiger partial charge in [0.2, 0.25) is 5.43 Å². The highest BCUT2D eigenvalue weighted by Crippen LogP contribution is 2.37. The number of carbonyl (C=O) groups is 1. The largest absolute Gasteiger partial charge is 0.477 e. The van der Waals surface area contributed by atoms with E-state index in [-0.39, 0.29) is 34.8 Å². The molecule has 2 aliphatic rings. The predicted octanol–water partition coefficient (Wildman–Crippen LogP) is -0.0128. The summed E-state index contributed by atoms with van der Waals surface area (Å²) in [6.45, 7) is 1.35. The van der Waals surface area contributed by atoms with Gasteiger partial charge in [-0.3, -0.25) is 9.35 Å². The normalized spacial score (nSPS) is 20.6. The number of aromatic carboxylic acids is 1. The van der Waals surface area contributed by atoms with Crippen molar-refractivity contribution in [2.75, 3.05) is 37.9 Å². The second-order valence-electron chi connectivity index (χ2n) is 8.04. The Hall–Kier alpha value is -2.65. The van der Waals surface area contributed by atoms with E-state index >= 15 is 0 Å². The fraction of sp³-hybridized carbons (Fsp3) is 0.526. The van der Waals surface area contributed by atoms with Crippen LogP contribution >= 0.6 is 0 Å². The average molecular weight is 488 g/mol. The highest BCUT2D eigenvalue weighted by atomic mass is 32.2. The number of hydrogen-bond donors (Lipinski definition) is 4. The third kappa shape index (κ3) is 5.83. The Kier molecular flexibility index (Phi) is 7.33. The second kappa shape index (κ2) is 9.69. The van der Waals surface area contributed by atoms with E-state index in [0.717, 1.165) is 18.9 Å². The molecular weight excluding hydrogens is 461 g/mol. The maximum atomic E-state index is 14.9. The van der Waals surface area contributed by atoms with Crippen LogP contribution in [0.15, 0.2) is 17.1 Å². The van der Waals surface area contributed by atoms with Crippen molar-refractivity contribution in [2.24, 2.45) is 11.7 Å². The van der Waals surface area contributed by atoms with Crippen LogP contribution in [0.4, 0.5) is 10.2 Å². The number of halogens is 1. The number of carboxylic acid groups (broad SMARTS) is 1. The molecule has 0 aromatic carbocycles. The molecule has 1 saturated heterocycles. The zero-order valence-electron chi connectivity index (χ0n) is 18.1. The summed E-state index contributed by atoms with van der Waals surface area (Å²) in [5.41, 5.74) is 7.91. The van der Waals surface area contributed by atoms with Crippen molar-refractivity contribution in [1.82, 2.24) is 15.0 Å². The first-order chi connectivity index (χ1) is 15.4. The van der Waals surface area contributed by atoms with Gasteiger partial charge >= 0.3 is 5.97 Å². The molecule has 182 valence electrons. The maximum absolute atomic E-state index is 14.9. The number of nitrogens with zero attached hydrogens (tertiary/aromatic N) is 3. The zero-order valence-corrected chi connectivity index (χ0v) is 18.9. The third-order valence-electron chi connectivity index (χ3n) is 5.42. The van der Waals surface area contributed by atoms with Crippen LogP contribution in [0.25, 0.3) is 11.0 Å². The smallest absolute Gasteiger partial charge is 0.341 e. The van der Waals surface area contributed by atoms with Crippen LogP contribution in [0.3, 0.4) is 0 Å². The molecule has 1 aliphatic heterocycles. The minimum absolute atomic E-state index is 0.0193. The molecule has 1 aliphatic carbocycles. The quantitative estimate of drug-likeness (QED) is 0.318. The number of aromatic nitrogens is 2. The lowest BCUT2D eigenvalue weighted by Gasteiger charge is -2.20. The predicted molar refractivity (Wildman–Crippen MR) is 117 cm³/mol. The molecule has 2 aromatic rings. The van der Waals surface area contributed by atoms with Gasteiger partial charge < -0.3 is 25.1 Å². The van der Waals surface area contributed by atoms with Gasteiger partial charge in [0, 0.05) is 31.2 Å². The highest BCUT2D eigenvalue weighted by molar-refractivity contribution is 7.85. The standard InChI is InChI=1S/C18H22FN5O4.CH4O3S/c1-28-22-14-8-23(6-9(14)5-20)17-13(19)4-11-15(25)12(18(26)27)7-24(10-2-3-10)16(11)21-17;1-5(2,3)4/h4,7,9-10,14,22H,2-3,5-6,8,20H2,1H3,(H,26,27);1H3,(H,2,3,4). The van der Waals surface area contributed by atoms with Crippen LogP contribution < -0.4 is 21.5 Å². The van der Waals surface area contributed by atoms with E-state index in [0.29, 0.717) is 31.5 Å². The van der Waals surface area contributed by atoms with Crippen LogP contribution in [0.2, 0.25) is 0 Å². The molecule has 0 bridgehead atoms. The second-order valence-corrected chi connectivity index (χ2v) is 9.51. The van der Waals surface area contributed by atoms with Crippen molar-refractivity contribution < 1.29 is 32.1 Å². The monoisotopic (exact) mass is 487 g/mol. The zero-order chi connectivity index (χ0) is 24.5. The lowest BCUT2D eigenvalue weighted by molar-refractivity contribution is 0.0549. The van der Waals surface area contributed by atoms with Gasteiger partial charge in [0.05, 0.1) is 24.8 Å². The molecule has 1 saturated carbocycles. The van der Waals surface area contributed by atoms with Crippen LogP contribution in [0, 0.1) is 11.7 Å². The van der Waals surface area contributed by atoms with E-state index in [1.54, 1.807) is 9.47 Å². The summed E-state index contributed by atoms with van der Waals surface area (Å²) < 4.78 is 42.4. The number of pyridine rings is 2. The summed E-state index contributed by atoms with van der Waals surface area (Å²) in [7, 11) is -2.15. The Morgan fingerprint density at radius 2 is 2.03 bits per heavy atom. The van der Waals surface area contributed by atoms with Crippen molar-refractivity contribution in [3.63, 3.8) is 0 Å². The number of nitrogens with two attached hydrogens (primary N) is 1. The molecule has 14 heteroatoms. The Balaban J connectivity index is 0.000000555. The topological polar surface area (TPSA) is 177 Å². The molecule has 3 heterocycles. The van der Waals surface area contributed by atoms with E-state index in [9.17, 15) is 27.5 Å². The van der Waals surface area contributed by atoms with Gasteiger partial charge in [-0.25, -0.2) is 14.2 Å². The van der Waals surface area contributed by atoms with E-state index in [1.165, 1.54) is 13.3 Å². The molecule has 0 spiro atoms. The summed E-state index contributed by atoms with van der Waals surface area (Å²) in [6, 6.07) is 1.09. The lowest BCUT2D eigenvalue weighted by atomic mass is 10.1. The molecule has 2 atom stereocenters. The SMILES string of the molecule is CONC1CN(c2nc3c(cc2F)c(=O)c(C(=O)O)cn3C2CC2)CC1CN.CS(=O)(=O)O. The van der Waals surface area contributed by atoms with Crippen LogP contribution in [-0.2, 0) is 15.0 Å². The molecule has 0 radical (unpaired) electrons. The molecule has 2 aromatic heterocycles. The van der Waals surface area contributed by atoms with Crippen LogP contribution in [0.5, 0.6) is 0 Å². The maximum Gasteiger partial charge on any atom is 0.341 e. The lowest BCUT2D eigenvalue weighted by Crippen LogP contribution is -2.38. The number of nitrogens with one attached hydrogen (secondary N) is 1. The Morgan fingerprint density at radius 1 is 1.39 bits per heavy atom. The summed E-state index contributed by atoms with van der Waals surface area (Å²) in [5.74, 6) is -1.81. The number of rotatable bonds is 6. The fourth-order valence-electron chi connectivity index (χ4n) is 3.81. The van der Waals surface area contributed by atoms with Crippen molar-refractivity contribution in [3.05, 3.63) is 33.9 Å². The average Bonchev–Trinajstić information content (AvgIpc) is 3.47. The van der Waals surface area contributed by atoms with E-state index in [1.807, 2.05) is 0 Å². The molecule has 33 heavy (non-hydrogen) atoms. The summed E-state index contributed by atoms with van der Waals surface area (Å²) in [6.07, 6.45) is 3.77. The van der Waals surface area contributed by atoms with Crippen LogP contribution in [-0.4, -0.2) is 72.6 Å². The summed E-state index contributed by atoms with van der Waals surface area (Å²) >= 11 is 0. The molecule has 2 fully saturated rings. The number of hydroxylamine groups is 1. The molecule has 5 N–H and O–H groups in total. The molecule has 12 nitrogen and oxygen atoms in total. The van der Waals surface area contributed by atoms with Gasteiger partial charge in [-0.2, -0.15) is 13.9 Å². The number of hydrogen-bond acceptors (Lipinski definition) is 9.